The lowest BCUT2D eigenvalue weighted by Crippen LogP contribution is -2.40. The summed E-state index contributed by atoms with van der Waals surface area (Å²) in [5.74, 6) is -0.748. The van der Waals surface area contributed by atoms with E-state index in [0.717, 1.165) is 11.6 Å². The molecule has 0 unspecified atom stereocenters. The maximum Gasteiger partial charge on any atom is 0.418 e. The number of hydrogen-bond donors (Lipinski definition) is 2. The molecular formula is C32H30F3N5O5S2. The number of benzene rings is 3. The van der Waals surface area contributed by atoms with Crippen molar-refractivity contribution in [3.8, 4) is 11.3 Å². The third-order valence-electron chi connectivity index (χ3n) is 6.56. The van der Waals surface area contributed by atoms with Crippen LogP contribution in [0.25, 0.3) is 22.2 Å². The van der Waals surface area contributed by atoms with E-state index in [-0.39, 0.29) is 39.5 Å². The maximum atomic E-state index is 13.8. The monoisotopic (exact) mass is 685 g/mol. The maximum absolute atomic E-state index is 13.8. The van der Waals surface area contributed by atoms with E-state index in [9.17, 15) is 30.0 Å². The van der Waals surface area contributed by atoms with Crippen molar-refractivity contribution in [3.05, 3.63) is 102 Å². The van der Waals surface area contributed by atoms with Gasteiger partial charge in [-0.2, -0.15) is 13.2 Å². The van der Waals surface area contributed by atoms with Crippen molar-refractivity contribution in [2.24, 2.45) is 0 Å². The number of hydrogen-bond acceptors (Lipinski definition) is 9. The molecule has 0 saturated carbocycles. The zero-order valence-electron chi connectivity index (χ0n) is 25.4. The van der Waals surface area contributed by atoms with Crippen molar-refractivity contribution < 1.29 is 34.7 Å². The Morgan fingerprint density at radius 2 is 1.53 bits per heavy atom. The summed E-state index contributed by atoms with van der Waals surface area (Å²) in [4.78, 5) is 12.4. The lowest BCUT2D eigenvalue weighted by Gasteiger charge is -2.20. The summed E-state index contributed by atoms with van der Waals surface area (Å²) in [6.45, 7) is 5.13. The van der Waals surface area contributed by atoms with Gasteiger partial charge in [0.2, 0.25) is 19.9 Å². The predicted molar refractivity (Wildman–Crippen MR) is 171 cm³/mol. The van der Waals surface area contributed by atoms with Gasteiger partial charge >= 0.3 is 6.18 Å². The Morgan fingerprint density at radius 1 is 0.830 bits per heavy atom. The van der Waals surface area contributed by atoms with Crippen molar-refractivity contribution in [3.63, 3.8) is 0 Å². The Kier molecular flexibility index (Phi) is 9.37. The molecule has 0 aliphatic carbocycles. The van der Waals surface area contributed by atoms with Crippen molar-refractivity contribution in [1.82, 2.24) is 19.7 Å². The highest BCUT2D eigenvalue weighted by molar-refractivity contribution is 7.91. The number of ether oxygens (including phenoxy) is 1. The van der Waals surface area contributed by atoms with E-state index >= 15 is 0 Å². The molecule has 0 atom stereocenters. The molecule has 0 amide bonds. The van der Waals surface area contributed by atoms with Crippen molar-refractivity contribution in [2.75, 3.05) is 11.3 Å². The molecular weight excluding hydrogens is 656 g/mol. The lowest BCUT2D eigenvalue weighted by atomic mass is 10.0. The summed E-state index contributed by atoms with van der Waals surface area (Å²) in [6, 6.07) is 20.8. The largest absolute Gasteiger partial charge is 0.418 e. The Bertz CT molecular complexity index is 2120. The van der Waals surface area contributed by atoms with Gasteiger partial charge in [0, 0.05) is 28.4 Å². The minimum atomic E-state index is -4.69. The topological polar surface area (TPSA) is 140 Å². The standard InChI is InChI=1S/C32H30F3N5O5S2/c1-31(2,3)40-47(43,44)24-14-12-23(13-15-24)37-29-25-16-11-22(28-26(32(33,34)35)10-7-17-36-28)18-27(25)38-30(39-29)46(41,42)20-45-19-21-8-5-4-6-9-21/h4-18,40H,19-20H2,1-3H3,(H,37,38,39). The van der Waals surface area contributed by atoms with Gasteiger partial charge in [-0.15, -0.1) is 0 Å². The van der Waals surface area contributed by atoms with E-state index in [4.69, 9.17) is 4.74 Å². The molecule has 2 N–H and O–H groups in total. The molecule has 3 aromatic carbocycles. The van der Waals surface area contributed by atoms with Gasteiger partial charge in [0.15, 0.2) is 5.94 Å². The molecule has 0 spiro atoms. The van der Waals surface area contributed by atoms with Crippen LogP contribution in [0, 0.1) is 0 Å². The van der Waals surface area contributed by atoms with Gasteiger partial charge in [0.25, 0.3) is 5.16 Å². The van der Waals surface area contributed by atoms with Gasteiger partial charge in [0.05, 0.1) is 28.3 Å². The van der Waals surface area contributed by atoms with Gasteiger partial charge in [-0.25, -0.2) is 31.5 Å². The molecule has 0 aliphatic heterocycles. The second-order valence-electron chi connectivity index (χ2n) is 11.6. The van der Waals surface area contributed by atoms with Crippen LogP contribution in [0.15, 0.2) is 101 Å². The minimum Gasteiger partial charge on any atom is -0.360 e. The van der Waals surface area contributed by atoms with E-state index < -0.39 is 48.2 Å². The third-order valence-corrected chi connectivity index (χ3v) is 9.55. The van der Waals surface area contributed by atoms with Crippen molar-refractivity contribution in [2.45, 2.75) is 49.1 Å². The number of fused-ring (bicyclic) bond motifs is 1. The number of rotatable bonds is 10. The third kappa shape index (κ3) is 8.29. The molecule has 0 bridgehead atoms. The van der Waals surface area contributed by atoms with E-state index in [1.807, 2.05) is 6.07 Å². The van der Waals surface area contributed by atoms with Crippen LogP contribution in [-0.2, 0) is 37.4 Å². The molecule has 246 valence electrons. The fourth-order valence-corrected chi connectivity index (χ4v) is 6.86. The number of nitrogens with one attached hydrogen (secondary N) is 2. The number of anilines is 2. The average molecular weight is 686 g/mol. The van der Waals surface area contributed by atoms with Gasteiger partial charge in [-0.3, -0.25) is 4.98 Å². The van der Waals surface area contributed by atoms with Crippen LogP contribution in [0.3, 0.4) is 0 Å². The number of sulfonamides is 1. The second-order valence-corrected chi connectivity index (χ2v) is 15.1. The molecule has 5 rings (SSSR count). The number of sulfone groups is 1. The average Bonchev–Trinajstić information content (AvgIpc) is 3.00. The van der Waals surface area contributed by atoms with Crippen LogP contribution in [0.1, 0.15) is 31.9 Å². The fraction of sp³-hybridized carbons (Fsp3) is 0.219. The molecule has 2 heterocycles. The first kappa shape index (κ1) is 33.9. The van der Waals surface area contributed by atoms with E-state index in [1.54, 1.807) is 45.0 Å². The van der Waals surface area contributed by atoms with Crippen LogP contribution in [0.5, 0.6) is 0 Å². The molecule has 10 nitrogen and oxygen atoms in total. The highest BCUT2D eigenvalue weighted by Crippen LogP contribution is 2.37. The van der Waals surface area contributed by atoms with Crippen LogP contribution >= 0.6 is 0 Å². The fourth-order valence-electron chi connectivity index (χ4n) is 4.57. The molecule has 47 heavy (non-hydrogen) atoms. The van der Waals surface area contributed by atoms with Crippen LogP contribution in [0.4, 0.5) is 24.7 Å². The number of alkyl halides is 3. The molecule has 5 aromatic rings. The Balaban J connectivity index is 1.55. The molecule has 2 aromatic heterocycles. The van der Waals surface area contributed by atoms with E-state index in [0.29, 0.717) is 5.69 Å². The SMILES string of the molecule is CC(C)(C)NS(=O)(=O)c1ccc(Nc2nc(S(=O)(=O)COCc3ccccc3)nc3cc(-c4ncccc4C(F)(F)F)ccc23)cc1. The van der Waals surface area contributed by atoms with Crippen molar-refractivity contribution in [1.29, 1.82) is 0 Å². The van der Waals surface area contributed by atoms with Crippen LogP contribution in [0.2, 0.25) is 0 Å². The number of pyridine rings is 1. The zero-order valence-corrected chi connectivity index (χ0v) is 27.0. The summed E-state index contributed by atoms with van der Waals surface area (Å²) in [5, 5.41) is 2.66. The highest BCUT2D eigenvalue weighted by Gasteiger charge is 2.34. The zero-order chi connectivity index (χ0) is 34.0. The van der Waals surface area contributed by atoms with Gasteiger partial charge in [-0.05, 0) is 74.9 Å². The van der Waals surface area contributed by atoms with Gasteiger partial charge in [0.1, 0.15) is 5.82 Å². The lowest BCUT2D eigenvalue weighted by molar-refractivity contribution is -0.137. The first-order chi connectivity index (χ1) is 22.0. The smallest absolute Gasteiger partial charge is 0.360 e. The van der Waals surface area contributed by atoms with Gasteiger partial charge < -0.3 is 10.1 Å². The number of aromatic nitrogens is 3. The summed E-state index contributed by atoms with van der Waals surface area (Å²) < 4.78 is 102. The predicted octanol–water partition coefficient (Wildman–Crippen LogP) is 6.48. The Morgan fingerprint density at radius 3 is 2.19 bits per heavy atom. The summed E-state index contributed by atoms with van der Waals surface area (Å²) in [5.41, 5.74) is -0.855. The van der Waals surface area contributed by atoms with Crippen LogP contribution < -0.4 is 10.0 Å². The van der Waals surface area contributed by atoms with Gasteiger partial charge in [-0.1, -0.05) is 36.4 Å². The first-order valence-corrected chi connectivity index (χ1v) is 17.3. The van der Waals surface area contributed by atoms with E-state index in [1.165, 1.54) is 54.7 Å². The number of nitrogens with zero attached hydrogens (tertiary/aromatic N) is 3. The highest BCUT2D eigenvalue weighted by atomic mass is 32.2. The quantitative estimate of drug-likeness (QED) is 0.158. The molecule has 0 aliphatic rings. The minimum absolute atomic E-state index is 0.00211. The normalized spacial score (nSPS) is 12.7. The summed E-state index contributed by atoms with van der Waals surface area (Å²) >= 11 is 0. The first-order valence-electron chi connectivity index (χ1n) is 14.1. The molecule has 15 heteroatoms. The van der Waals surface area contributed by atoms with E-state index in [2.05, 4.69) is 25.0 Å². The Labute approximate surface area is 270 Å². The molecule has 0 radical (unpaired) electrons. The van der Waals surface area contributed by atoms with Crippen LogP contribution in [-0.4, -0.2) is 43.3 Å². The Hall–Kier alpha value is -4.44. The molecule has 0 saturated heterocycles. The molecule has 0 fully saturated rings. The summed E-state index contributed by atoms with van der Waals surface area (Å²) in [7, 11) is -8.08. The summed E-state index contributed by atoms with van der Waals surface area (Å²) in [6.07, 6.45) is -3.47. The van der Waals surface area contributed by atoms with Crippen molar-refractivity contribution >= 4 is 42.3 Å². The number of halogens is 3. The second kappa shape index (κ2) is 13.0.